The van der Waals surface area contributed by atoms with Crippen molar-refractivity contribution < 1.29 is 4.79 Å². The molecule has 1 fully saturated rings. The fourth-order valence-corrected chi connectivity index (χ4v) is 3.18. The average molecular weight is 325 g/mol. The SMILES string of the molecule is O=C(Cn1ccccc1=O)NC1CCCN(Cc2ccccc2)C1. The Hall–Kier alpha value is -2.40. The van der Waals surface area contributed by atoms with Crippen molar-refractivity contribution in [1.82, 2.24) is 14.8 Å². The highest BCUT2D eigenvalue weighted by molar-refractivity contribution is 5.76. The van der Waals surface area contributed by atoms with Gasteiger partial charge in [0.05, 0.1) is 0 Å². The molecule has 1 unspecified atom stereocenters. The van der Waals surface area contributed by atoms with E-state index in [-0.39, 0.29) is 24.1 Å². The minimum atomic E-state index is -0.151. The average Bonchev–Trinajstić information content (AvgIpc) is 2.58. The maximum atomic E-state index is 12.2. The van der Waals surface area contributed by atoms with Crippen LogP contribution >= 0.6 is 0 Å². The predicted molar refractivity (Wildman–Crippen MR) is 93.6 cm³/mol. The van der Waals surface area contributed by atoms with Gasteiger partial charge in [0.1, 0.15) is 6.54 Å². The van der Waals surface area contributed by atoms with Crippen molar-refractivity contribution in [2.24, 2.45) is 0 Å². The molecule has 0 spiro atoms. The number of carbonyl (C=O) groups is 1. The zero-order valence-electron chi connectivity index (χ0n) is 13.7. The maximum Gasteiger partial charge on any atom is 0.250 e. The zero-order valence-corrected chi connectivity index (χ0v) is 13.7. The maximum absolute atomic E-state index is 12.2. The van der Waals surface area contributed by atoms with Gasteiger partial charge in [0.25, 0.3) is 5.56 Å². The van der Waals surface area contributed by atoms with E-state index in [0.717, 1.165) is 32.5 Å². The standard InChI is InChI=1S/C19H23N3O2/c23-18(15-22-12-5-4-10-19(22)24)20-17-9-6-11-21(14-17)13-16-7-2-1-3-8-16/h1-5,7-8,10,12,17H,6,9,11,13-15H2,(H,20,23). The normalized spacial score (nSPS) is 18.2. The zero-order chi connectivity index (χ0) is 16.8. The van der Waals surface area contributed by atoms with Gasteiger partial charge < -0.3 is 9.88 Å². The van der Waals surface area contributed by atoms with Crippen LogP contribution in [-0.2, 0) is 17.9 Å². The van der Waals surface area contributed by atoms with E-state index >= 15 is 0 Å². The van der Waals surface area contributed by atoms with Crippen LogP contribution in [0.1, 0.15) is 18.4 Å². The number of aromatic nitrogens is 1. The molecule has 1 aliphatic heterocycles. The van der Waals surface area contributed by atoms with E-state index in [1.165, 1.54) is 16.2 Å². The molecule has 126 valence electrons. The number of benzene rings is 1. The lowest BCUT2D eigenvalue weighted by atomic mass is 10.0. The molecule has 0 aliphatic carbocycles. The Morgan fingerprint density at radius 3 is 2.71 bits per heavy atom. The smallest absolute Gasteiger partial charge is 0.250 e. The number of likely N-dealkylation sites (tertiary alicyclic amines) is 1. The minimum absolute atomic E-state index is 0.0782. The number of pyridine rings is 1. The Morgan fingerprint density at radius 1 is 1.12 bits per heavy atom. The van der Waals surface area contributed by atoms with Crippen LogP contribution < -0.4 is 10.9 Å². The van der Waals surface area contributed by atoms with Crippen molar-refractivity contribution in [1.29, 1.82) is 0 Å². The van der Waals surface area contributed by atoms with Gasteiger partial charge in [-0.25, -0.2) is 0 Å². The molecule has 5 heteroatoms. The molecular weight excluding hydrogens is 302 g/mol. The summed E-state index contributed by atoms with van der Waals surface area (Å²) in [6, 6.07) is 15.4. The minimum Gasteiger partial charge on any atom is -0.351 e. The molecular formula is C19H23N3O2. The fourth-order valence-electron chi connectivity index (χ4n) is 3.18. The van der Waals surface area contributed by atoms with E-state index in [1.54, 1.807) is 18.3 Å². The molecule has 5 nitrogen and oxygen atoms in total. The van der Waals surface area contributed by atoms with Gasteiger partial charge in [-0.2, -0.15) is 0 Å². The molecule has 1 amide bonds. The lowest BCUT2D eigenvalue weighted by Crippen LogP contribution is -2.48. The lowest BCUT2D eigenvalue weighted by Gasteiger charge is -2.33. The van der Waals surface area contributed by atoms with Crippen LogP contribution in [0, 0.1) is 0 Å². The van der Waals surface area contributed by atoms with Crippen molar-refractivity contribution in [2.45, 2.75) is 32.0 Å². The number of piperidine rings is 1. The number of rotatable bonds is 5. The molecule has 1 saturated heterocycles. The van der Waals surface area contributed by atoms with Gasteiger partial charge in [-0.15, -0.1) is 0 Å². The van der Waals surface area contributed by atoms with Crippen LogP contribution in [0.4, 0.5) is 0 Å². The summed E-state index contributed by atoms with van der Waals surface area (Å²) in [4.78, 5) is 26.3. The second-order valence-corrected chi connectivity index (χ2v) is 6.29. The summed E-state index contributed by atoms with van der Waals surface area (Å²) < 4.78 is 1.43. The molecule has 1 aliphatic rings. The molecule has 0 radical (unpaired) electrons. The van der Waals surface area contributed by atoms with Crippen LogP contribution in [0.3, 0.4) is 0 Å². The third-order valence-electron chi connectivity index (χ3n) is 4.33. The molecule has 2 aromatic rings. The molecule has 3 rings (SSSR count). The highest BCUT2D eigenvalue weighted by Crippen LogP contribution is 2.13. The van der Waals surface area contributed by atoms with Crippen molar-refractivity contribution in [3.63, 3.8) is 0 Å². The Bertz CT molecular complexity index is 727. The molecule has 1 atom stereocenters. The molecule has 1 aromatic heterocycles. The second-order valence-electron chi connectivity index (χ2n) is 6.29. The van der Waals surface area contributed by atoms with Crippen molar-refractivity contribution in [2.75, 3.05) is 13.1 Å². The van der Waals surface area contributed by atoms with Gasteiger partial charge in [0.2, 0.25) is 5.91 Å². The molecule has 24 heavy (non-hydrogen) atoms. The Morgan fingerprint density at radius 2 is 1.92 bits per heavy atom. The highest BCUT2D eigenvalue weighted by atomic mass is 16.2. The number of hydrogen-bond acceptors (Lipinski definition) is 3. The Balaban J connectivity index is 1.52. The largest absolute Gasteiger partial charge is 0.351 e. The van der Waals surface area contributed by atoms with Crippen LogP contribution in [0.5, 0.6) is 0 Å². The number of hydrogen-bond donors (Lipinski definition) is 1. The summed E-state index contributed by atoms with van der Waals surface area (Å²) in [5, 5.41) is 3.07. The predicted octanol–water partition coefficient (Wildman–Crippen LogP) is 1.63. The molecule has 2 heterocycles. The van der Waals surface area contributed by atoms with Crippen molar-refractivity contribution in [3.05, 3.63) is 70.6 Å². The first-order valence-electron chi connectivity index (χ1n) is 8.42. The fraction of sp³-hybridized carbons (Fsp3) is 0.368. The molecule has 0 saturated carbocycles. The summed E-state index contributed by atoms with van der Waals surface area (Å²) in [6.07, 6.45) is 3.70. The van der Waals surface area contributed by atoms with Gasteiger partial charge in [-0.3, -0.25) is 14.5 Å². The third-order valence-corrected chi connectivity index (χ3v) is 4.33. The van der Waals surface area contributed by atoms with Gasteiger partial charge in [0.15, 0.2) is 0 Å². The van der Waals surface area contributed by atoms with E-state index in [1.807, 2.05) is 6.07 Å². The summed E-state index contributed by atoms with van der Waals surface area (Å²) >= 11 is 0. The summed E-state index contributed by atoms with van der Waals surface area (Å²) in [7, 11) is 0. The molecule has 1 N–H and O–H groups in total. The van der Waals surface area contributed by atoms with Crippen LogP contribution in [0.25, 0.3) is 0 Å². The monoisotopic (exact) mass is 325 g/mol. The van der Waals surface area contributed by atoms with E-state index in [4.69, 9.17) is 0 Å². The van der Waals surface area contributed by atoms with E-state index < -0.39 is 0 Å². The Kier molecular flexibility index (Phi) is 5.43. The van der Waals surface area contributed by atoms with Gasteiger partial charge in [0, 0.05) is 31.4 Å². The number of carbonyl (C=O) groups excluding carboxylic acids is 1. The third kappa shape index (κ3) is 4.55. The summed E-state index contributed by atoms with van der Waals surface area (Å²) in [5.41, 5.74) is 1.14. The van der Waals surface area contributed by atoms with Gasteiger partial charge >= 0.3 is 0 Å². The number of amides is 1. The summed E-state index contributed by atoms with van der Waals surface area (Å²) in [5.74, 6) is -0.102. The quantitative estimate of drug-likeness (QED) is 0.909. The van der Waals surface area contributed by atoms with Crippen molar-refractivity contribution >= 4 is 5.91 Å². The Labute approximate surface area is 141 Å². The first-order chi connectivity index (χ1) is 11.7. The lowest BCUT2D eigenvalue weighted by molar-refractivity contribution is -0.122. The second kappa shape index (κ2) is 7.93. The molecule has 0 bridgehead atoms. The summed E-state index contributed by atoms with van der Waals surface area (Å²) in [6.45, 7) is 2.89. The van der Waals surface area contributed by atoms with E-state index in [2.05, 4.69) is 34.5 Å². The van der Waals surface area contributed by atoms with E-state index in [9.17, 15) is 9.59 Å². The van der Waals surface area contributed by atoms with Crippen LogP contribution in [0.15, 0.2) is 59.5 Å². The highest BCUT2D eigenvalue weighted by Gasteiger charge is 2.21. The number of nitrogens with one attached hydrogen (secondary N) is 1. The molecule has 1 aromatic carbocycles. The van der Waals surface area contributed by atoms with Crippen LogP contribution in [-0.4, -0.2) is 34.5 Å². The van der Waals surface area contributed by atoms with Crippen LogP contribution in [0.2, 0.25) is 0 Å². The van der Waals surface area contributed by atoms with Gasteiger partial charge in [-0.1, -0.05) is 36.4 Å². The number of nitrogens with zero attached hydrogens (tertiary/aromatic N) is 2. The first-order valence-corrected chi connectivity index (χ1v) is 8.42. The topological polar surface area (TPSA) is 54.3 Å². The van der Waals surface area contributed by atoms with Gasteiger partial charge in [-0.05, 0) is 31.0 Å². The first kappa shape index (κ1) is 16.5. The van der Waals surface area contributed by atoms with Crippen molar-refractivity contribution in [3.8, 4) is 0 Å². The van der Waals surface area contributed by atoms with E-state index in [0.29, 0.717) is 0 Å².